The summed E-state index contributed by atoms with van der Waals surface area (Å²) in [6.45, 7) is 2.66. The maximum atomic E-state index is 12.6. The number of hydrogen-bond acceptors (Lipinski definition) is 4. The van der Waals surface area contributed by atoms with Gasteiger partial charge in [0.25, 0.3) is 5.91 Å². The molecule has 2 aromatic rings. The van der Waals surface area contributed by atoms with Gasteiger partial charge in [0, 0.05) is 36.2 Å². The van der Waals surface area contributed by atoms with E-state index in [2.05, 4.69) is 20.6 Å². The van der Waals surface area contributed by atoms with Crippen LogP contribution in [0.5, 0.6) is 0 Å². The predicted molar refractivity (Wildman–Crippen MR) is 83.1 cm³/mol. The molecule has 2 N–H and O–H groups in total. The average Bonchev–Trinajstić information content (AvgIpc) is 3.25. The third-order valence-corrected chi connectivity index (χ3v) is 5.01. The SMILES string of the molecule is Cc1c([C@H]2OCC[C@@H]2NC(=O)c2n[nH]c3c2CCC3)cnn1C. The molecule has 0 saturated carbocycles. The highest BCUT2D eigenvalue weighted by Gasteiger charge is 2.34. The fourth-order valence-corrected chi connectivity index (χ4v) is 3.58. The van der Waals surface area contributed by atoms with Gasteiger partial charge in [0.1, 0.15) is 6.10 Å². The summed E-state index contributed by atoms with van der Waals surface area (Å²) in [5.41, 5.74) is 4.85. The maximum Gasteiger partial charge on any atom is 0.272 e. The number of rotatable bonds is 3. The molecule has 1 aliphatic carbocycles. The molecular formula is C16H21N5O2. The van der Waals surface area contributed by atoms with E-state index >= 15 is 0 Å². The number of nitrogens with zero attached hydrogens (tertiary/aromatic N) is 3. The Morgan fingerprint density at radius 2 is 2.35 bits per heavy atom. The number of carbonyl (C=O) groups excluding carboxylic acids is 1. The van der Waals surface area contributed by atoms with Gasteiger partial charge >= 0.3 is 0 Å². The molecule has 7 nitrogen and oxygen atoms in total. The Balaban J connectivity index is 1.53. The number of aromatic amines is 1. The van der Waals surface area contributed by atoms with Crippen molar-refractivity contribution in [1.82, 2.24) is 25.3 Å². The van der Waals surface area contributed by atoms with E-state index in [1.807, 2.05) is 24.9 Å². The molecular weight excluding hydrogens is 294 g/mol. The topological polar surface area (TPSA) is 84.8 Å². The summed E-state index contributed by atoms with van der Waals surface area (Å²) in [6, 6.07) is -0.0425. The molecule has 0 unspecified atom stereocenters. The van der Waals surface area contributed by atoms with Crippen molar-refractivity contribution in [3.63, 3.8) is 0 Å². The molecule has 1 fully saturated rings. The first-order chi connectivity index (χ1) is 11.1. The molecule has 7 heteroatoms. The molecule has 3 heterocycles. The summed E-state index contributed by atoms with van der Waals surface area (Å²) in [4.78, 5) is 12.6. The minimum atomic E-state index is -0.139. The minimum Gasteiger partial charge on any atom is -0.371 e. The molecule has 4 rings (SSSR count). The Kier molecular flexibility index (Phi) is 3.45. The molecule has 2 aliphatic rings. The smallest absolute Gasteiger partial charge is 0.272 e. The molecule has 0 aromatic carbocycles. The van der Waals surface area contributed by atoms with E-state index in [1.165, 1.54) is 0 Å². The third kappa shape index (κ3) is 2.35. The maximum absolute atomic E-state index is 12.6. The second-order valence-corrected chi connectivity index (χ2v) is 6.35. The molecule has 2 atom stereocenters. The molecule has 1 saturated heterocycles. The standard InChI is InChI=1S/C16H21N5O2/c1-9-11(8-17-21(9)2)15-13(6-7-23-15)18-16(22)14-10-4-3-5-12(10)19-20-14/h8,13,15H,3-7H2,1-2H3,(H,18,22)(H,19,20)/t13-,15+/m0/s1. The first-order valence-corrected chi connectivity index (χ1v) is 8.12. The molecule has 122 valence electrons. The highest BCUT2D eigenvalue weighted by molar-refractivity contribution is 5.94. The molecule has 0 radical (unpaired) electrons. The monoisotopic (exact) mass is 315 g/mol. The first kappa shape index (κ1) is 14.4. The Morgan fingerprint density at radius 1 is 1.48 bits per heavy atom. The van der Waals surface area contributed by atoms with Gasteiger partial charge < -0.3 is 10.1 Å². The van der Waals surface area contributed by atoms with Gasteiger partial charge in [-0.15, -0.1) is 0 Å². The predicted octanol–water partition coefficient (Wildman–Crippen LogP) is 1.20. The minimum absolute atomic E-state index is 0.0425. The number of hydrogen-bond donors (Lipinski definition) is 2. The molecule has 1 amide bonds. The van der Waals surface area contributed by atoms with Gasteiger partial charge in [-0.25, -0.2) is 0 Å². The fourth-order valence-electron chi connectivity index (χ4n) is 3.58. The van der Waals surface area contributed by atoms with Crippen molar-refractivity contribution in [2.24, 2.45) is 7.05 Å². The summed E-state index contributed by atoms with van der Waals surface area (Å²) in [6.07, 6.45) is 5.50. The van der Waals surface area contributed by atoms with Gasteiger partial charge in [-0.05, 0) is 32.6 Å². The van der Waals surface area contributed by atoms with Crippen LogP contribution >= 0.6 is 0 Å². The third-order valence-electron chi connectivity index (χ3n) is 5.01. The fraction of sp³-hybridized carbons (Fsp3) is 0.562. The number of nitrogens with one attached hydrogen (secondary N) is 2. The van der Waals surface area contributed by atoms with E-state index in [4.69, 9.17) is 4.74 Å². The van der Waals surface area contributed by atoms with Gasteiger partial charge in [0.15, 0.2) is 5.69 Å². The van der Waals surface area contributed by atoms with Crippen molar-refractivity contribution in [3.05, 3.63) is 34.4 Å². The van der Waals surface area contributed by atoms with Gasteiger partial charge in [0.05, 0.1) is 12.2 Å². The number of H-pyrrole nitrogens is 1. The average molecular weight is 315 g/mol. The van der Waals surface area contributed by atoms with Crippen LogP contribution in [0.2, 0.25) is 0 Å². The molecule has 0 spiro atoms. The highest BCUT2D eigenvalue weighted by Crippen LogP contribution is 2.31. The van der Waals surface area contributed by atoms with E-state index < -0.39 is 0 Å². The second-order valence-electron chi connectivity index (χ2n) is 6.35. The number of carbonyl (C=O) groups is 1. The van der Waals surface area contributed by atoms with Gasteiger partial charge in [-0.2, -0.15) is 10.2 Å². The van der Waals surface area contributed by atoms with Crippen molar-refractivity contribution < 1.29 is 9.53 Å². The van der Waals surface area contributed by atoms with Crippen molar-refractivity contribution >= 4 is 5.91 Å². The zero-order chi connectivity index (χ0) is 16.0. The van der Waals surface area contributed by atoms with Crippen LogP contribution in [-0.4, -0.2) is 38.5 Å². The van der Waals surface area contributed by atoms with E-state index in [-0.39, 0.29) is 18.1 Å². The van der Waals surface area contributed by atoms with Crippen molar-refractivity contribution in [1.29, 1.82) is 0 Å². The zero-order valence-electron chi connectivity index (χ0n) is 13.4. The van der Waals surface area contributed by atoms with E-state index in [0.717, 1.165) is 48.2 Å². The quantitative estimate of drug-likeness (QED) is 0.891. The Labute approximate surface area is 134 Å². The van der Waals surface area contributed by atoms with Crippen LogP contribution < -0.4 is 5.32 Å². The molecule has 0 bridgehead atoms. The number of ether oxygens (including phenoxy) is 1. The molecule has 1 aliphatic heterocycles. The van der Waals surface area contributed by atoms with E-state index in [1.54, 1.807) is 0 Å². The van der Waals surface area contributed by atoms with Crippen LogP contribution in [0.1, 0.15) is 51.9 Å². The summed E-state index contributed by atoms with van der Waals surface area (Å²) in [5.74, 6) is -0.105. The summed E-state index contributed by atoms with van der Waals surface area (Å²) in [5, 5.41) is 14.6. The van der Waals surface area contributed by atoms with Crippen LogP contribution in [0.3, 0.4) is 0 Å². The summed E-state index contributed by atoms with van der Waals surface area (Å²) >= 11 is 0. The van der Waals surface area contributed by atoms with E-state index in [0.29, 0.717) is 12.3 Å². The highest BCUT2D eigenvalue weighted by atomic mass is 16.5. The van der Waals surface area contributed by atoms with Crippen LogP contribution in [0.4, 0.5) is 0 Å². The van der Waals surface area contributed by atoms with Crippen molar-refractivity contribution in [2.45, 2.75) is 44.8 Å². The Hall–Kier alpha value is -2.15. The van der Waals surface area contributed by atoms with Crippen LogP contribution in [0.25, 0.3) is 0 Å². The molecule has 2 aromatic heterocycles. The van der Waals surface area contributed by atoms with Gasteiger partial charge in [-0.3, -0.25) is 14.6 Å². The van der Waals surface area contributed by atoms with Crippen molar-refractivity contribution in [3.8, 4) is 0 Å². The number of aromatic nitrogens is 4. The Bertz CT molecular complexity index is 748. The van der Waals surface area contributed by atoms with Crippen molar-refractivity contribution in [2.75, 3.05) is 6.61 Å². The van der Waals surface area contributed by atoms with Crippen LogP contribution in [0, 0.1) is 6.92 Å². The second kappa shape index (κ2) is 5.49. The largest absolute Gasteiger partial charge is 0.371 e. The number of aryl methyl sites for hydroxylation is 2. The summed E-state index contributed by atoms with van der Waals surface area (Å²) in [7, 11) is 1.91. The van der Waals surface area contributed by atoms with E-state index in [9.17, 15) is 4.79 Å². The summed E-state index contributed by atoms with van der Waals surface area (Å²) < 4.78 is 7.69. The lowest BCUT2D eigenvalue weighted by Crippen LogP contribution is -2.37. The first-order valence-electron chi connectivity index (χ1n) is 8.12. The van der Waals surface area contributed by atoms with Gasteiger partial charge in [-0.1, -0.05) is 0 Å². The lowest BCUT2D eigenvalue weighted by Gasteiger charge is -2.19. The molecule has 23 heavy (non-hydrogen) atoms. The van der Waals surface area contributed by atoms with Gasteiger partial charge in [0.2, 0.25) is 0 Å². The lowest BCUT2D eigenvalue weighted by atomic mass is 10.0. The van der Waals surface area contributed by atoms with Crippen LogP contribution in [-0.2, 0) is 24.6 Å². The zero-order valence-corrected chi connectivity index (χ0v) is 13.4. The number of amides is 1. The normalized spacial score (nSPS) is 23.2. The lowest BCUT2D eigenvalue weighted by molar-refractivity contribution is 0.0815. The van der Waals surface area contributed by atoms with Crippen LogP contribution in [0.15, 0.2) is 6.20 Å². The number of fused-ring (bicyclic) bond motifs is 1. The Morgan fingerprint density at radius 3 is 3.13 bits per heavy atom.